The summed E-state index contributed by atoms with van der Waals surface area (Å²) in [5.74, 6) is 0.705. The highest BCUT2D eigenvalue weighted by Crippen LogP contribution is 2.29. The summed E-state index contributed by atoms with van der Waals surface area (Å²) in [6, 6.07) is 7.72. The Labute approximate surface area is 162 Å². The Morgan fingerprint density at radius 3 is 2.74 bits per heavy atom. The molecule has 0 saturated heterocycles. The molecule has 0 amide bonds. The van der Waals surface area contributed by atoms with E-state index in [1.807, 2.05) is 24.3 Å². The third-order valence-corrected chi connectivity index (χ3v) is 6.95. The van der Waals surface area contributed by atoms with Crippen LogP contribution in [0.25, 0.3) is 0 Å². The topological polar surface area (TPSA) is 73.8 Å². The van der Waals surface area contributed by atoms with Crippen molar-refractivity contribution in [1.82, 2.24) is 10.6 Å². The summed E-state index contributed by atoms with van der Waals surface area (Å²) in [7, 11) is -1.63. The highest BCUT2D eigenvalue weighted by Gasteiger charge is 2.28. The van der Waals surface area contributed by atoms with E-state index in [9.17, 15) is 8.42 Å². The molecule has 1 aliphatic carbocycles. The van der Waals surface area contributed by atoms with E-state index in [0.717, 1.165) is 30.6 Å². The number of benzene rings is 1. The van der Waals surface area contributed by atoms with Crippen molar-refractivity contribution in [1.29, 1.82) is 0 Å². The molecule has 2 N–H and O–H groups in total. The van der Waals surface area contributed by atoms with Gasteiger partial charge in [-0.3, -0.25) is 9.30 Å². The molecule has 0 atom stereocenters. The zero-order valence-corrected chi connectivity index (χ0v) is 16.9. The van der Waals surface area contributed by atoms with Crippen LogP contribution in [0.4, 0.5) is 5.69 Å². The molecule has 7 heteroatoms. The Morgan fingerprint density at radius 2 is 1.96 bits per heavy atom. The summed E-state index contributed by atoms with van der Waals surface area (Å²) >= 11 is 0. The molecule has 148 valence electrons. The van der Waals surface area contributed by atoms with Crippen LogP contribution in [0.15, 0.2) is 40.9 Å². The number of guanidine groups is 1. The molecule has 0 bridgehead atoms. The van der Waals surface area contributed by atoms with E-state index in [2.05, 4.69) is 21.7 Å². The Morgan fingerprint density at radius 1 is 1.15 bits per heavy atom. The highest BCUT2D eigenvalue weighted by molar-refractivity contribution is 7.92. The van der Waals surface area contributed by atoms with Gasteiger partial charge in [0.2, 0.25) is 10.0 Å². The lowest BCUT2D eigenvalue weighted by molar-refractivity contribution is 0.590. The molecule has 2 aliphatic rings. The zero-order chi connectivity index (χ0) is 19.1. The maximum Gasteiger partial charge on any atom is 0.236 e. The minimum absolute atomic E-state index is 0.0488. The van der Waals surface area contributed by atoms with Crippen LogP contribution in [0, 0.1) is 0 Å². The van der Waals surface area contributed by atoms with Crippen LogP contribution < -0.4 is 14.9 Å². The highest BCUT2D eigenvalue weighted by atomic mass is 32.2. The van der Waals surface area contributed by atoms with Crippen molar-refractivity contribution in [2.75, 3.05) is 36.7 Å². The lowest BCUT2D eigenvalue weighted by atomic mass is 9.97. The first-order chi connectivity index (χ1) is 13.1. The maximum absolute atomic E-state index is 12.7. The Bertz CT molecular complexity index is 802. The summed E-state index contributed by atoms with van der Waals surface area (Å²) in [6.45, 7) is 1.69. The van der Waals surface area contributed by atoms with Crippen LogP contribution in [0.3, 0.4) is 0 Å². The fourth-order valence-electron chi connectivity index (χ4n) is 3.70. The third-order valence-electron chi connectivity index (χ3n) is 5.18. The fraction of sp³-hybridized carbons (Fsp3) is 0.550. The van der Waals surface area contributed by atoms with Crippen molar-refractivity contribution in [3.05, 3.63) is 41.5 Å². The van der Waals surface area contributed by atoms with E-state index in [1.165, 1.54) is 35.6 Å². The first-order valence-corrected chi connectivity index (χ1v) is 11.4. The van der Waals surface area contributed by atoms with Crippen molar-refractivity contribution < 1.29 is 8.42 Å². The monoisotopic (exact) mass is 390 g/mol. The molecule has 0 fully saturated rings. The minimum atomic E-state index is -3.34. The maximum atomic E-state index is 12.7. The molecule has 0 spiro atoms. The van der Waals surface area contributed by atoms with Gasteiger partial charge in [0.15, 0.2) is 5.96 Å². The SMILES string of the molecule is CN=C(NCCC1=CCCCC1)NCCS(=O)(=O)N1CCc2ccccc21. The van der Waals surface area contributed by atoms with E-state index < -0.39 is 10.0 Å². The van der Waals surface area contributed by atoms with Gasteiger partial charge >= 0.3 is 0 Å². The molecular weight excluding hydrogens is 360 g/mol. The molecule has 1 aliphatic heterocycles. The first-order valence-electron chi connectivity index (χ1n) is 9.81. The lowest BCUT2D eigenvalue weighted by Crippen LogP contribution is -2.42. The second-order valence-corrected chi connectivity index (χ2v) is 9.06. The number of sulfonamides is 1. The van der Waals surface area contributed by atoms with Crippen molar-refractivity contribution in [3.8, 4) is 0 Å². The van der Waals surface area contributed by atoms with Gasteiger partial charge in [-0.1, -0.05) is 29.8 Å². The van der Waals surface area contributed by atoms with Gasteiger partial charge in [-0.2, -0.15) is 0 Å². The number of hydrogen-bond donors (Lipinski definition) is 2. The number of para-hydroxylation sites is 1. The van der Waals surface area contributed by atoms with Crippen LogP contribution in [0.2, 0.25) is 0 Å². The summed E-state index contributed by atoms with van der Waals surface area (Å²) in [5, 5.41) is 6.40. The summed E-state index contributed by atoms with van der Waals surface area (Å²) in [4.78, 5) is 4.19. The van der Waals surface area contributed by atoms with E-state index in [1.54, 1.807) is 7.05 Å². The van der Waals surface area contributed by atoms with Crippen LogP contribution in [0.1, 0.15) is 37.7 Å². The molecule has 0 saturated carbocycles. The van der Waals surface area contributed by atoms with Gasteiger partial charge in [-0.25, -0.2) is 8.42 Å². The number of nitrogens with one attached hydrogen (secondary N) is 2. The van der Waals surface area contributed by atoms with Crippen molar-refractivity contribution >= 4 is 21.7 Å². The molecule has 0 aromatic heterocycles. The van der Waals surface area contributed by atoms with Gasteiger partial charge in [0.1, 0.15) is 0 Å². The Balaban J connectivity index is 1.44. The minimum Gasteiger partial charge on any atom is -0.356 e. The van der Waals surface area contributed by atoms with Gasteiger partial charge in [-0.15, -0.1) is 0 Å². The van der Waals surface area contributed by atoms with E-state index in [4.69, 9.17) is 0 Å². The van der Waals surface area contributed by atoms with Crippen LogP contribution in [-0.4, -0.2) is 46.8 Å². The van der Waals surface area contributed by atoms with Crippen LogP contribution in [0.5, 0.6) is 0 Å². The number of anilines is 1. The van der Waals surface area contributed by atoms with E-state index in [0.29, 0.717) is 19.0 Å². The standard InChI is InChI=1S/C20H30N4O2S/c1-21-20(22-13-11-17-7-3-2-4-8-17)23-14-16-27(25,26)24-15-12-18-9-5-6-10-19(18)24/h5-7,9-10H,2-4,8,11-16H2,1H3,(H2,21,22,23). The van der Waals surface area contributed by atoms with Gasteiger partial charge in [0.05, 0.1) is 11.4 Å². The van der Waals surface area contributed by atoms with Gasteiger partial charge in [0, 0.05) is 26.7 Å². The van der Waals surface area contributed by atoms with E-state index in [-0.39, 0.29) is 5.75 Å². The molecule has 6 nitrogen and oxygen atoms in total. The molecule has 3 rings (SSSR count). The zero-order valence-electron chi connectivity index (χ0n) is 16.1. The lowest BCUT2D eigenvalue weighted by Gasteiger charge is -2.20. The van der Waals surface area contributed by atoms with Gasteiger partial charge in [0.25, 0.3) is 0 Å². The van der Waals surface area contributed by atoms with Gasteiger partial charge in [-0.05, 0) is 50.2 Å². The molecule has 0 unspecified atom stereocenters. The van der Waals surface area contributed by atoms with Crippen molar-refractivity contribution in [2.45, 2.75) is 38.5 Å². The quantitative estimate of drug-likeness (QED) is 0.426. The predicted octanol–water partition coefficient (Wildman–Crippen LogP) is 2.43. The number of allylic oxidation sites excluding steroid dienone is 1. The summed E-state index contributed by atoms with van der Waals surface area (Å²) in [6.07, 6.45) is 9.13. The molecule has 27 heavy (non-hydrogen) atoms. The predicted molar refractivity (Wildman–Crippen MR) is 112 cm³/mol. The first kappa shape index (κ1) is 19.7. The van der Waals surface area contributed by atoms with Crippen LogP contribution >= 0.6 is 0 Å². The average Bonchev–Trinajstić information content (AvgIpc) is 3.12. The second-order valence-electron chi connectivity index (χ2n) is 7.05. The Hall–Kier alpha value is -2.02. The number of nitrogens with zero attached hydrogens (tertiary/aromatic N) is 2. The number of hydrogen-bond acceptors (Lipinski definition) is 3. The third kappa shape index (κ3) is 5.25. The summed E-state index contributed by atoms with van der Waals surface area (Å²) < 4.78 is 26.9. The van der Waals surface area contributed by atoms with Crippen LogP contribution in [-0.2, 0) is 16.4 Å². The molecular formula is C20H30N4O2S. The molecule has 1 heterocycles. The molecule has 0 radical (unpaired) electrons. The molecule has 1 aromatic carbocycles. The summed E-state index contributed by atoms with van der Waals surface area (Å²) in [5.41, 5.74) is 3.43. The fourth-order valence-corrected chi connectivity index (χ4v) is 5.13. The molecule has 1 aromatic rings. The number of rotatable bonds is 7. The normalized spacial score (nSPS) is 17.4. The smallest absolute Gasteiger partial charge is 0.236 e. The van der Waals surface area contributed by atoms with Crippen molar-refractivity contribution in [2.24, 2.45) is 4.99 Å². The number of fused-ring (bicyclic) bond motifs is 1. The average molecular weight is 391 g/mol. The number of aliphatic imine (C=N–C) groups is 1. The van der Waals surface area contributed by atoms with Gasteiger partial charge < -0.3 is 10.6 Å². The Kier molecular flexibility index (Phi) is 6.77. The largest absolute Gasteiger partial charge is 0.356 e. The van der Waals surface area contributed by atoms with Crippen molar-refractivity contribution in [3.63, 3.8) is 0 Å². The van der Waals surface area contributed by atoms with E-state index >= 15 is 0 Å². The second kappa shape index (κ2) is 9.26.